The molecule has 0 saturated carbocycles. The van der Waals surface area contributed by atoms with Crippen LogP contribution in [0.4, 0.5) is 0 Å². The van der Waals surface area contributed by atoms with Crippen LogP contribution in [-0.4, -0.2) is 43.3 Å². The molecule has 0 spiro atoms. The van der Waals surface area contributed by atoms with E-state index in [4.69, 9.17) is 26.4 Å². The van der Waals surface area contributed by atoms with Gasteiger partial charge in [-0.05, 0) is 20.3 Å². The Kier molecular flexibility index (Phi) is 3.20. The predicted molar refractivity (Wildman–Crippen MR) is 54.8 cm³/mol. The summed E-state index contributed by atoms with van der Waals surface area (Å²) in [4.78, 5) is 9.25. The van der Waals surface area contributed by atoms with Gasteiger partial charge in [-0.1, -0.05) is 0 Å². The third-order valence-corrected chi connectivity index (χ3v) is 3.50. The summed E-state index contributed by atoms with van der Waals surface area (Å²) in [7, 11) is 1.56. The Bertz CT molecular complexity index is 324. The van der Waals surface area contributed by atoms with E-state index >= 15 is 0 Å². The van der Waals surface area contributed by atoms with E-state index in [1.807, 2.05) is 13.8 Å². The Morgan fingerprint density at radius 3 is 3.00 bits per heavy atom. The fourth-order valence-corrected chi connectivity index (χ4v) is 3.00. The minimum absolute atomic E-state index is 0.0214. The highest BCUT2D eigenvalue weighted by molar-refractivity contribution is 7.47. The number of phosphoric ester groups is 1. The quantitative estimate of drug-likeness (QED) is 0.580. The average Bonchev–Trinajstić information content (AvgIpc) is 2.49. The van der Waals surface area contributed by atoms with Crippen molar-refractivity contribution in [2.75, 3.05) is 6.61 Å². The largest absolute Gasteiger partial charge is 0.475 e. The smallest absolute Gasteiger partial charge is 0.373 e. The molecule has 0 aromatic heterocycles. The first-order valence-corrected chi connectivity index (χ1v) is 6.59. The van der Waals surface area contributed by atoms with Gasteiger partial charge in [-0.2, -0.15) is 0 Å². The van der Waals surface area contributed by atoms with Gasteiger partial charge in [0, 0.05) is 6.00 Å². The summed E-state index contributed by atoms with van der Waals surface area (Å²) >= 11 is 0. The highest BCUT2D eigenvalue weighted by Gasteiger charge is 2.61. The maximum atomic E-state index is 11.3. The van der Waals surface area contributed by atoms with Crippen LogP contribution in [0.1, 0.15) is 20.3 Å². The van der Waals surface area contributed by atoms with Crippen molar-refractivity contribution in [3.05, 3.63) is 0 Å². The highest BCUT2D eigenvalue weighted by Crippen LogP contribution is 2.60. The summed E-state index contributed by atoms with van der Waals surface area (Å²) in [5, 5.41) is 0. The zero-order chi connectivity index (χ0) is 12.0. The van der Waals surface area contributed by atoms with Gasteiger partial charge in [-0.15, -0.1) is 0 Å². The van der Waals surface area contributed by atoms with Crippen molar-refractivity contribution in [2.45, 2.75) is 44.3 Å². The third-order valence-electron chi connectivity index (χ3n) is 2.44. The molecule has 2 fully saturated rings. The lowest BCUT2D eigenvalue weighted by molar-refractivity contribution is -0.202. The molecule has 6 nitrogen and oxygen atoms in total. The fourth-order valence-electron chi connectivity index (χ4n) is 1.79. The molecule has 4 atom stereocenters. The number of hydrogen-bond acceptors (Lipinski definition) is 5. The maximum absolute atomic E-state index is 11.3. The summed E-state index contributed by atoms with van der Waals surface area (Å²) in [5.41, 5.74) is 0. The van der Waals surface area contributed by atoms with Crippen LogP contribution in [0.15, 0.2) is 0 Å². The summed E-state index contributed by atoms with van der Waals surface area (Å²) in [5.74, 6) is -1.34. The first-order chi connectivity index (χ1) is 7.33. The van der Waals surface area contributed by atoms with Crippen molar-refractivity contribution >= 4 is 15.7 Å². The fraction of sp³-hybridized carbons (Fsp3) is 1.00. The van der Waals surface area contributed by atoms with Gasteiger partial charge < -0.3 is 14.4 Å². The number of rotatable bonds is 3. The van der Waals surface area contributed by atoms with Gasteiger partial charge in [0.05, 0.1) is 6.10 Å². The average molecular weight is 248 g/mol. The molecule has 0 aliphatic carbocycles. The molecule has 1 N–H and O–H groups in total. The van der Waals surface area contributed by atoms with Gasteiger partial charge in [0.15, 0.2) is 0 Å². The summed E-state index contributed by atoms with van der Waals surface area (Å²) in [6, 6.07) is -0.568. The van der Waals surface area contributed by atoms with E-state index in [-0.39, 0.29) is 12.7 Å². The van der Waals surface area contributed by atoms with E-state index in [9.17, 15) is 9.46 Å². The second kappa shape index (κ2) is 4.08. The van der Waals surface area contributed by atoms with Crippen LogP contribution in [0.3, 0.4) is 0 Å². The van der Waals surface area contributed by atoms with Crippen LogP contribution >= 0.6 is 7.82 Å². The topological polar surface area (TPSA) is 74.2 Å². The highest BCUT2D eigenvalue weighted by atomic mass is 31.2. The van der Waals surface area contributed by atoms with Crippen molar-refractivity contribution < 1.29 is 28.0 Å². The standard InChI is InChI=1S/C8H14BO6P/c1-5(2)12-4-8-6(3-7(9)13-8)14-16(10,11)15-8/h5-7H,3-4H2,1-2H3,(H,10,11)/t6?,7-,8+/m1/s1. The van der Waals surface area contributed by atoms with E-state index in [2.05, 4.69) is 0 Å². The lowest BCUT2D eigenvalue weighted by Crippen LogP contribution is -2.42. The Morgan fingerprint density at radius 2 is 2.38 bits per heavy atom. The second-order valence-corrected chi connectivity index (χ2v) is 5.55. The molecular weight excluding hydrogens is 234 g/mol. The van der Waals surface area contributed by atoms with Crippen LogP contribution in [0, 0.1) is 0 Å². The van der Waals surface area contributed by atoms with Crippen molar-refractivity contribution in [3.8, 4) is 0 Å². The molecule has 2 aliphatic heterocycles. The van der Waals surface area contributed by atoms with E-state index < -0.39 is 25.7 Å². The minimum atomic E-state index is -4.03. The Morgan fingerprint density at radius 1 is 1.69 bits per heavy atom. The molecule has 0 amide bonds. The van der Waals surface area contributed by atoms with E-state index in [0.717, 1.165) is 0 Å². The normalized spacial score (nSPS) is 47.5. The predicted octanol–water partition coefficient (Wildman–Crippen LogP) is 0.538. The van der Waals surface area contributed by atoms with Crippen LogP contribution < -0.4 is 0 Å². The van der Waals surface area contributed by atoms with Gasteiger partial charge in [-0.3, -0.25) is 4.52 Å². The molecule has 2 unspecified atom stereocenters. The van der Waals surface area contributed by atoms with Crippen molar-refractivity contribution in [1.82, 2.24) is 0 Å². The molecule has 2 aliphatic rings. The van der Waals surface area contributed by atoms with E-state index in [0.29, 0.717) is 6.42 Å². The first-order valence-electron chi connectivity index (χ1n) is 5.10. The summed E-state index contributed by atoms with van der Waals surface area (Å²) in [6.45, 7) is 3.71. The molecule has 8 heteroatoms. The van der Waals surface area contributed by atoms with Crippen LogP contribution in [0.25, 0.3) is 0 Å². The van der Waals surface area contributed by atoms with Gasteiger partial charge in [0.25, 0.3) is 0 Å². The van der Waals surface area contributed by atoms with Crippen molar-refractivity contribution in [3.63, 3.8) is 0 Å². The Labute approximate surface area is 95.2 Å². The number of fused-ring (bicyclic) bond motifs is 1. The molecule has 0 aromatic carbocycles. The summed E-state index contributed by atoms with van der Waals surface area (Å²) < 4.78 is 31.8. The lowest BCUT2D eigenvalue weighted by Gasteiger charge is -2.26. The molecule has 90 valence electrons. The van der Waals surface area contributed by atoms with Crippen molar-refractivity contribution in [1.29, 1.82) is 0 Å². The monoisotopic (exact) mass is 248 g/mol. The molecular formula is C8H14BO6P. The third kappa shape index (κ3) is 2.35. The molecule has 2 rings (SSSR count). The molecule has 0 aromatic rings. The molecule has 2 heterocycles. The molecule has 2 radical (unpaired) electrons. The number of phosphoric acid groups is 1. The second-order valence-electron chi connectivity index (χ2n) is 4.22. The van der Waals surface area contributed by atoms with E-state index in [1.165, 1.54) is 0 Å². The minimum Gasteiger partial charge on any atom is -0.373 e. The molecule has 2 saturated heterocycles. The zero-order valence-corrected chi connectivity index (χ0v) is 10.1. The van der Waals surface area contributed by atoms with Gasteiger partial charge in [0.2, 0.25) is 5.79 Å². The van der Waals surface area contributed by atoms with Crippen molar-refractivity contribution in [2.24, 2.45) is 0 Å². The zero-order valence-electron chi connectivity index (χ0n) is 9.16. The first kappa shape index (κ1) is 12.5. The SMILES string of the molecule is [B][C@H]1CC2OP(=O)(O)O[C@]2(COC(C)C)O1. The van der Waals surface area contributed by atoms with Crippen LogP contribution in [0.5, 0.6) is 0 Å². The van der Waals surface area contributed by atoms with E-state index in [1.54, 1.807) is 0 Å². The summed E-state index contributed by atoms with van der Waals surface area (Å²) in [6.07, 6.45) is -0.388. The van der Waals surface area contributed by atoms with Gasteiger partial charge in [-0.25, -0.2) is 9.09 Å². The maximum Gasteiger partial charge on any atom is 0.475 e. The van der Waals surface area contributed by atoms with Gasteiger partial charge >= 0.3 is 7.82 Å². The molecule has 16 heavy (non-hydrogen) atoms. The molecule has 0 bridgehead atoms. The van der Waals surface area contributed by atoms with Gasteiger partial charge in [0.1, 0.15) is 20.6 Å². The number of ether oxygens (including phenoxy) is 2. The van der Waals surface area contributed by atoms with Crippen LogP contribution in [-0.2, 0) is 23.1 Å². The Hall–Kier alpha value is 0.0949. The number of hydrogen-bond donors (Lipinski definition) is 1. The Balaban J connectivity index is 2.11. The lowest BCUT2D eigenvalue weighted by atomic mass is 9.96. The van der Waals surface area contributed by atoms with Crippen LogP contribution in [0.2, 0.25) is 0 Å².